The van der Waals surface area contributed by atoms with Crippen molar-refractivity contribution in [3.8, 4) is 0 Å². The molecule has 0 N–H and O–H groups in total. The fraction of sp³-hybridized carbons (Fsp3) is 0.167. The Bertz CT molecular complexity index is 71.1. The summed E-state index contributed by atoms with van der Waals surface area (Å²) in [4.78, 5) is 0. The fourth-order valence-electron chi connectivity index (χ4n) is 0.340. The number of halogens is 3. The predicted molar refractivity (Wildman–Crippen MR) is 28.0 cm³/mol. The van der Waals surface area contributed by atoms with Gasteiger partial charge < -0.3 is 58.4 Å². The van der Waals surface area contributed by atoms with Crippen molar-refractivity contribution in [3.63, 3.8) is 0 Å². The smallest absolute Gasteiger partial charge is 0 e. The zero-order valence-corrected chi connectivity index (χ0v) is 13.9. The standard InChI is InChI=1S/C5H5.CH3.3BrH.Hf/c1-2-4-5-3-1;;;;;/h1-3H,4H2;1H3;3*1H;/q2*-1;;;;/p-3. The van der Waals surface area contributed by atoms with Gasteiger partial charge in [-0.25, -0.2) is 12.2 Å². The minimum absolute atomic E-state index is 0. The van der Waals surface area contributed by atoms with E-state index >= 15 is 0 Å². The first-order chi connectivity index (χ1) is 2.50. The Morgan fingerprint density at radius 2 is 1.60 bits per heavy atom. The van der Waals surface area contributed by atoms with Crippen molar-refractivity contribution < 1.29 is 76.8 Å². The molecule has 0 heterocycles. The zero-order valence-electron chi connectivity index (χ0n) is 5.57. The largest absolute Gasteiger partial charge is 1.00 e. The molecular weight excluding hydrogens is 490 g/mol. The van der Waals surface area contributed by atoms with Gasteiger partial charge in [-0.05, 0) is 0 Å². The third kappa shape index (κ3) is 16.4. The van der Waals surface area contributed by atoms with Crippen molar-refractivity contribution >= 4 is 0 Å². The van der Waals surface area contributed by atoms with Crippen LogP contribution in [0.5, 0.6) is 0 Å². The topological polar surface area (TPSA) is 0 Å². The van der Waals surface area contributed by atoms with Gasteiger partial charge in [0.1, 0.15) is 0 Å². The molecule has 0 aromatic rings. The van der Waals surface area contributed by atoms with Crippen molar-refractivity contribution in [2.24, 2.45) is 0 Å². The average molecular weight is 498 g/mol. The summed E-state index contributed by atoms with van der Waals surface area (Å²) in [5.41, 5.74) is 0. The van der Waals surface area contributed by atoms with E-state index in [2.05, 4.69) is 12.2 Å². The second-order valence-corrected chi connectivity index (χ2v) is 1.00. The molecule has 0 aromatic heterocycles. The molecule has 0 aliphatic heterocycles. The number of rotatable bonds is 0. The molecule has 4 heteroatoms. The molecule has 0 fully saturated rings. The van der Waals surface area contributed by atoms with Crippen molar-refractivity contribution in [1.82, 2.24) is 0 Å². The molecule has 0 amide bonds. The van der Waals surface area contributed by atoms with E-state index in [-0.39, 0.29) is 84.2 Å². The molecule has 0 saturated heterocycles. The minimum Gasteiger partial charge on any atom is -1.00 e. The molecule has 0 bridgehead atoms. The van der Waals surface area contributed by atoms with E-state index in [0.29, 0.717) is 0 Å². The molecule has 1 rings (SSSR count). The van der Waals surface area contributed by atoms with Crippen LogP contribution >= 0.6 is 0 Å². The SMILES string of the molecule is [Br-].[Br-].[Br-].[C-]1=CC=CC1.[CH3-].[Hf]. The van der Waals surface area contributed by atoms with Crippen LogP contribution < -0.4 is 50.9 Å². The van der Waals surface area contributed by atoms with Crippen LogP contribution in [0.15, 0.2) is 18.2 Å². The van der Waals surface area contributed by atoms with Crippen molar-refractivity contribution in [3.05, 3.63) is 31.7 Å². The first kappa shape index (κ1) is 29.8. The molecule has 0 nitrogen and oxygen atoms in total. The van der Waals surface area contributed by atoms with Gasteiger partial charge in [-0.3, -0.25) is 6.08 Å². The van der Waals surface area contributed by atoms with Crippen LogP contribution in [0.4, 0.5) is 0 Å². The molecule has 0 spiro atoms. The van der Waals surface area contributed by atoms with E-state index in [0.717, 1.165) is 6.42 Å². The summed E-state index contributed by atoms with van der Waals surface area (Å²) in [6.45, 7) is 0. The van der Waals surface area contributed by atoms with Crippen LogP contribution in [0, 0.1) is 13.5 Å². The summed E-state index contributed by atoms with van der Waals surface area (Å²) in [6, 6.07) is 0. The van der Waals surface area contributed by atoms with E-state index in [4.69, 9.17) is 0 Å². The zero-order chi connectivity index (χ0) is 3.54. The van der Waals surface area contributed by atoms with Gasteiger partial charge in [-0.1, -0.05) is 0 Å². The van der Waals surface area contributed by atoms with Gasteiger partial charge >= 0.3 is 0 Å². The van der Waals surface area contributed by atoms with Crippen LogP contribution in [0.3, 0.4) is 0 Å². The summed E-state index contributed by atoms with van der Waals surface area (Å²) in [6.07, 6.45) is 10.0. The Morgan fingerprint density at radius 3 is 1.70 bits per heavy atom. The van der Waals surface area contributed by atoms with E-state index in [1.54, 1.807) is 0 Å². The Hall–Kier alpha value is 1.79. The molecule has 0 radical (unpaired) electrons. The fourth-order valence-corrected chi connectivity index (χ4v) is 0.340. The van der Waals surface area contributed by atoms with Gasteiger partial charge in [0.15, 0.2) is 0 Å². The number of hydrogen-bond donors (Lipinski definition) is 0. The second kappa shape index (κ2) is 22.4. The van der Waals surface area contributed by atoms with Gasteiger partial charge in [0, 0.05) is 25.8 Å². The van der Waals surface area contributed by atoms with Gasteiger partial charge in [0.05, 0.1) is 0 Å². The molecule has 62 valence electrons. The quantitative estimate of drug-likeness (QED) is 0.230. The van der Waals surface area contributed by atoms with E-state index in [1.165, 1.54) is 0 Å². The van der Waals surface area contributed by atoms with Crippen LogP contribution in [0.1, 0.15) is 6.42 Å². The Morgan fingerprint density at radius 1 is 1.10 bits per heavy atom. The maximum atomic E-state index is 2.99. The van der Waals surface area contributed by atoms with Gasteiger partial charge in [-0.15, -0.1) is 6.42 Å². The van der Waals surface area contributed by atoms with Gasteiger partial charge in [-0.2, -0.15) is 6.08 Å². The van der Waals surface area contributed by atoms with Crippen molar-refractivity contribution in [2.75, 3.05) is 0 Å². The molecule has 0 unspecified atom stereocenters. The van der Waals surface area contributed by atoms with Gasteiger partial charge in [0.25, 0.3) is 0 Å². The number of allylic oxidation sites excluding steroid dienone is 4. The molecule has 0 saturated carbocycles. The maximum Gasteiger partial charge on any atom is 0 e. The van der Waals surface area contributed by atoms with Crippen molar-refractivity contribution in [2.45, 2.75) is 6.42 Å². The summed E-state index contributed by atoms with van der Waals surface area (Å²) >= 11 is 0. The molecule has 10 heavy (non-hydrogen) atoms. The van der Waals surface area contributed by atoms with Crippen LogP contribution in [0.25, 0.3) is 0 Å². The minimum atomic E-state index is 0. The summed E-state index contributed by atoms with van der Waals surface area (Å²) < 4.78 is 0. The van der Waals surface area contributed by atoms with Crippen molar-refractivity contribution in [1.29, 1.82) is 0 Å². The molecule has 0 atom stereocenters. The molecular formula is C6H8Br3Hf-5. The predicted octanol–water partition coefficient (Wildman–Crippen LogP) is -7.23. The second-order valence-electron chi connectivity index (χ2n) is 1.00. The van der Waals surface area contributed by atoms with Gasteiger partial charge in [0.2, 0.25) is 0 Å². The van der Waals surface area contributed by atoms with Crippen LogP contribution in [0.2, 0.25) is 0 Å². The van der Waals surface area contributed by atoms with E-state index in [9.17, 15) is 0 Å². The molecule has 1 aliphatic rings. The van der Waals surface area contributed by atoms with Crippen LogP contribution in [-0.2, 0) is 25.8 Å². The summed E-state index contributed by atoms with van der Waals surface area (Å²) in [5, 5.41) is 0. The van der Waals surface area contributed by atoms with Crippen LogP contribution in [-0.4, -0.2) is 0 Å². The average Bonchev–Trinajstić information content (AvgIpc) is 1.76. The Balaban J connectivity index is -0.0000000167. The Labute approximate surface area is 114 Å². The summed E-state index contributed by atoms with van der Waals surface area (Å²) in [5.74, 6) is 0. The molecule has 0 aromatic carbocycles. The normalized spacial score (nSPS) is 8.80. The summed E-state index contributed by atoms with van der Waals surface area (Å²) in [7, 11) is 0. The first-order valence-corrected chi connectivity index (χ1v) is 1.72. The monoisotopic (exact) mass is 497 g/mol. The number of hydrogen-bond acceptors (Lipinski definition) is 0. The Kier molecular flexibility index (Phi) is 66.8. The molecule has 1 aliphatic carbocycles. The van der Waals surface area contributed by atoms with E-state index < -0.39 is 0 Å². The third-order valence-electron chi connectivity index (χ3n) is 0.586. The first-order valence-electron chi connectivity index (χ1n) is 1.72. The van der Waals surface area contributed by atoms with E-state index in [1.807, 2.05) is 12.2 Å². The third-order valence-corrected chi connectivity index (χ3v) is 0.586. The maximum absolute atomic E-state index is 2.99.